The molecule has 5 heteroatoms. The molecule has 5 nitrogen and oxygen atoms in total. The fourth-order valence-corrected chi connectivity index (χ4v) is 2.47. The van der Waals surface area contributed by atoms with Crippen LogP contribution in [-0.2, 0) is 6.54 Å². The van der Waals surface area contributed by atoms with Crippen molar-refractivity contribution in [3.8, 4) is 5.88 Å². The fraction of sp³-hybridized carbons (Fsp3) is 0.692. The Hall–Kier alpha value is -1.36. The SMILES string of the molecule is CCn1ccnc(OC2CCCCC2NC)c1=O. The summed E-state index contributed by atoms with van der Waals surface area (Å²) < 4.78 is 7.44. The molecule has 2 rings (SSSR count). The molecule has 0 saturated heterocycles. The van der Waals surface area contributed by atoms with Crippen molar-refractivity contribution in [2.75, 3.05) is 7.05 Å². The number of aromatic nitrogens is 2. The first-order chi connectivity index (χ1) is 8.76. The minimum Gasteiger partial charge on any atom is -0.469 e. The molecule has 1 saturated carbocycles. The minimum absolute atomic E-state index is 0.0525. The zero-order chi connectivity index (χ0) is 13.0. The zero-order valence-corrected chi connectivity index (χ0v) is 11.1. The van der Waals surface area contributed by atoms with E-state index in [1.165, 1.54) is 6.42 Å². The van der Waals surface area contributed by atoms with Crippen LogP contribution in [0.5, 0.6) is 5.88 Å². The van der Waals surface area contributed by atoms with Gasteiger partial charge in [-0.1, -0.05) is 6.42 Å². The van der Waals surface area contributed by atoms with Gasteiger partial charge in [0, 0.05) is 25.0 Å². The Morgan fingerprint density at radius 3 is 3.00 bits per heavy atom. The Labute approximate surface area is 107 Å². The summed E-state index contributed by atoms with van der Waals surface area (Å²) in [6.45, 7) is 2.57. The summed E-state index contributed by atoms with van der Waals surface area (Å²) in [6.07, 6.45) is 7.80. The molecule has 0 radical (unpaired) electrons. The first-order valence-corrected chi connectivity index (χ1v) is 6.65. The average Bonchev–Trinajstić information content (AvgIpc) is 2.42. The number of ether oxygens (including phenoxy) is 1. The fourth-order valence-electron chi connectivity index (χ4n) is 2.47. The minimum atomic E-state index is -0.138. The molecule has 0 bridgehead atoms. The number of rotatable bonds is 4. The van der Waals surface area contributed by atoms with E-state index < -0.39 is 0 Å². The van der Waals surface area contributed by atoms with Crippen LogP contribution >= 0.6 is 0 Å². The molecule has 100 valence electrons. The van der Waals surface area contributed by atoms with E-state index in [2.05, 4.69) is 10.3 Å². The molecular formula is C13H21N3O2. The van der Waals surface area contributed by atoms with Crippen molar-refractivity contribution in [3.05, 3.63) is 22.7 Å². The summed E-state index contributed by atoms with van der Waals surface area (Å²) in [5.41, 5.74) is -0.138. The molecule has 1 aromatic rings. The van der Waals surface area contributed by atoms with Gasteiger partial charge in [-0.05, 0) is 33.2 Å². The largest absolute Gasteiger partial charge is 0.469 e. The van der Waals surface area contributed by atoms with Crippen LogP contribution in [0.2, 0.25) is 0 Å². The zero-order valence-electron chi connectivity index (χ0n) is 11.1. The van der Waals surface area contributed by atoms with Crippen LogP contribution in [0.15, 0.2) is 17.2 Å². The Bertz CT molecular complexity index is 444. The van der Waals surface area contributed by atoms with Crippen molar-refractivity contribution in [2.24, 2.45) is 0 Å². The van der Waals surface area contributed by atoms with E-state index in [0.29, 0.717) is 12.6 Å². The van der Waals surface area contributed by atoms with E-state index >= 15 is 0 Å². The second-order valence-electron chi connectivity index (χ2n) is 4.66. The van der Waals surface area contributed by atoms with Gasteiger partial charge in [0.05, 0.1) is 0 Å². The van der Waals surface area contributed by atoms with Crippen LogP contribution < -0.4 is 15.6 Å². The van der Waals surface area contributed by atoms with Crippen LogP contribution in [0.4, 0.5) is 0 Å². The predicted octanol–water partition coefficient (Wildman–Crippen LogP) is 1.17. The van der Waals surface area contributed by atoms with Gasteiger partial charge >= 0.3 is 5.56 Å². The van der Waals surface area contributed by atoms with Crippen LogP contribution in [-0.4, -0.2) is 28.7 Å². The quantitative estimate of drug-likeness (QED) is 0.873. The molecular weight excluding hydrogens is 230 g/mol. The number of hydrogen-bond donors (Lipinski definition) is 1. The number of aryl methyl sites for hydroxylation is 1. The molecule has 0 amide bonds. The maximum atomic E-state index is 12.0. The van der Waals surface area contributed by atoms with Crippen molar-refractivity contribution in [2.45, 2.75) is 51.3 Å². The monoisotopic (exact) mass is 251 g/mol. The molecule has 1 fully saturated rings. The second-order valence-corrected chi connectivity index (χ2v) is 4.66. The maximum Gasteiger partial charge on any atom is 0.313 e. The molecule has 0 spiro atoms. The van der Waals surface area contributed by atoms with Gasteiger partial charge in [-0.15, -0.1) is 0 Å². The summed E-state index contributed by atoms with van der Waals surface area (Å²) >= 11 is 0. The molecule has 18 heavy (non-hydrogen) atoms. The second kappa shape index (κ2) is 6.00. The van der Waals surface area contributed by atoms with Gasteiger partial charge in [0.1, 0.15) is 6.10 Å². The Morgan fingerprint density at radius 2 is 2.28 bits per heavy atom. The number of nitrogens with one attached hydrogen (secondary N) is 1. The molecule has 0 aromatic carbocycles. The molecule has 1 heterocycles. The van der Waals surface area contributed by atoms with E-state index in [1.54, 1.807) is 17.0 Å². The van der Waals surface area contributed by atoms with E-state index in [4.69, 9.17) is 4.74 Å². The van der Waals surface area contributed by atoms with Gasteiger partial charge in [-0.2, -0.15) is 0 Å². The lowest BCUT2D eigenvalue weighted by atomic mass is 9.92. The van der Waals surface area contributed by atoms with Crippen molar-refractivity contribution in [1.82, 2.24) is 14.9 Å². The highest BCUT2D eigenvalue weighted by atomic mass is 16.5. The third-order valence-electron chi connectivity index (χ3n) is 3.56. The molecule has 1 N–H and O–H groups in total. The van der Waals surface area contributed by atoms with E-state index in [-0.39, 0.29) is 17.5 Å². The van der Waals surface area contributed by atoms with Gasteiger partial charge < -0.3 is 14.6 Å². The Morgan fingerprint density at radius 1 is 1.50 bits per heavy atom. The molecule has 1 aliphatic rings. The highest BCUT2D eigenvalue weighted by Crippen LogP contribution is 2.21. The van der Waals surface area contributed by atoms with Gasteiger partial charge in [0.25, 0.3) is 5.88 Å². The van der Waals surface area contributed by atoms with Crippen molar-refractivity contribution < 1.29 is 4.74 Å². The normalized spacial score (nSPS) is 23.9. The number of hydrogen-bond acceptors (Lipinski definition) is 4. The topological polar surface area (TPSA) is 56.1 Å². The van der Waals surface area contributed by atoms with E-state index in [9.17, 15) is 4.79 Å². The smallest absolute Gasteiger partial charge is 0.313 e. The third-order valence-corrected chi connectivity index (χ3v) is 3.56. The van der Waals surface area contributed by atoms with Gasteiger partial charge in [0.2, 0.25) is 0 Å². The maximum absolute atomic E-state index is 12.0. The van der Waals surface area contributed by atoms with Gasteiger partial charge in [0.15, 0.2) is 0 Å². The highest BCUT2D eigenvalue weighted by Gasteiger charge is 2.26. The van der Waals surface area contributed by atoms with Crippen LogP contribution in [0.25, 0.3) is 0 Å². The first-order valence-electron chi connectivity index (χ1n) is 6.65. The lowest BCUT2D eigenvalue weighted by Gasteiger charge is -2.30. The Kier molecular flexibility index (Phi) is 4.36. The summed E-state index contributed by atoms with van der Waals surface area (Å²) in [7, 11) is 1.94. The van der Waals surface area contributed by atoms with E-state index in [0.717, 1.165) is 19.3 Å². The first kappa shape index (κ1) is 13.1. The van der Waals surface area contributed by atoms with Crippen molar-refractivity contribution in [1.29, 1.82) is 0 Å². The Balaban J connectivity index is 2.15. The molecule has 1 aromatic heterocycles. The van der Waals surface area contributed by atoms with Gasteiger partial charge in [-0.3, -0.25) is 4.79 Å². The number of likely N-dealkylation sites (N-methyl/N-ethyl adjacent to an activating group) is 1. The molecule has 1 aliphatic carbocycles. The molecule has 0 aliphatic heterocycles. The van der Waals surface area contributed by atoms with E-state index in [1.807, 2.05) is 14.0 Å². The summed E-state index contributed by atoms with van der Waals surface area (Å²) in [4.78, 5) is 16.1. The third kappa shape index (κ3) is 2.72. The van der Waals surface area contributed by atoms with Crippen molar-refractivity contribution >= 4 is 0 Å². The highest BCUT2D eigenvalue weighted by molar-refractivity contribution is 5.06. The predicted molar refractivity (Wildman–Crippen MR) is 69.9 cm³/mol. The lowest BCUT2D eigenvalue weighted by Crippen LogP contribution is -2.44. The number of nitrogens with zero attached hydrogens (tertiary/aromatic N) is 2. The summed E-state index contributed by atoms with van der Waals surface area (Å²) in [5.74, 6) is 0.228. The molecule has 2 unspecified atom stereocenters. The summed E-state index contributed by atoms with van der Waals surface area (Å²) in [6, 6.07) is 0.315. The standard InChI is InChI=1S/C13H21N3O2/c1-3-16-9-8-15-12(13(16)17)18-11-7-5-4-6-10(11)14-2/h8-11,14H,3-7H2,1-2H3. The van der Waals surface area contributed by atoms with Crippen LogP contribution in [0, 0.1) is 0 Å². The van der Waals surface area contributed by atoms with Crippen LogP contribution in [0.3, 0.4) is 0 Å². The lowest BCUT2D eigenvalue weighted by molar-refractivity contribution is 0.110. The summed E-state index contributed by atoms with van der Waals surface area (Å²) in [5, 5.41) is 3.26. The molecule has 2 atom stereocenters. The average molecular weight is 251 g/mol. The van der Waals surface area contributed by atoms with Crippen LogP contribution in [0.1, 0.15) is 32.6 Å². The van der Waals surface area contributed by atoms with Gasteiger partial charge in [-0.25, -0.2) is 4.98 Å². The van der Waals surface area contributed by atoms with Crippen molar-refractivity contribution in [3.63, 3.8) is 0 Å².